The highest BCUT2D eigenvalue weighted by molar-refractivity contribution is 9.10. The number of amides is 1. The summed E-state index contributed by atoms with van der Waals surface area (Å²) in [5.74, 6) is 1.14. The summed E-state index contributed by atoms with van der Waals surface area (Å²) in [7, 11) is 0. The maximum atomic E-state index is 12.2. The van der Waals surface area contributed by atoms with Crippen LogP contribution in [0, 0.1) is 0 Å². The first kappa shape index (κ1) is 14.7. The van der Waals surface area contributed by atoms with Crippen LogP contribution in [0.5, 0.6) is 0 Å². The molecule has 0 spiro atoms. The summed E-state index contributed by atoms with van der Waals surface area (Å²) in [6.07, 6.45) is 0. The number of imidazole rings is 1. The molecule has 118 valence electrons. The monoisotopic (exact) mass is 381 g/mol. The molecule has 2 N–H and O–H groups in total. The van der Waals surface area contributed by atoms with Crippen LogP contribution in [0.15, 0.2) is 69.8 Å². The third kappa shape index (κ3) is 2.83. The Morgan fingerprint density at radius 3 is 2.67 bits per heavy atom. The van der Waals surface area contributed by atoms with Crippen LogP contribution in [0.3, 0.4) is 0 Å². The summed E-state index contributed by atoms with van der Waals surface area (Å²) in [5.41, 5.74) is 2.94. The number of furan rings is 1. The predicted octanol–water partition coefficient (Wildman–Crippen LogP) is 4.84. The molecule has 4 aromatic rings. The zero-order valence-corrected chi connectivity index (χ0v) is 14.0. The van der Waals surface area contributed by atoms with Crippen molar-refractivity contribution in [2.45, 2.75) is 0 Å². The number of rotatable bonds is 3. The lowest BCUT2D eigenvalue weighted by Crippen LogP contribution is -2.11. The highest BCUT2D eigenvalue weighted by Crippen LogP contribution is 2.26. The Bertz CT molecular complexity index is 1020. The van der Waals surface area contributed by atoms with Crippen LogP contribution in [-0.4, -0.2) is 15.9 Å². The molecule has 6 heteroatoms. The first-order valence-electron chi connectivity index (χ1n) is 7.31. The lowest BCUT2D eigenvalue weighted by Gasteiger charge is -2.04. The summed E-state index contributed by atoms with van der Waals surface area (Å²) in [5, 5.41) is 2.89. The van der Waals surface area contributed by atoms with Crippen molar-refractivity contribution < 1.29 is 9.21 Å². The number of nitrogens with zero attached hydrogens (tertiary/aromatic N) is 1. The van der Waals surface area contributed by atoms with E-state index in [-0.39, 0.29) is 5.91 Å². The van der Waals surface area contributed by atoms with Crippen molar-refractivity contribution in [1.29, 1.82) is 0 Å². The minimum absolute atomic E-state index is 0.148. The van der Waals surface area contributed by atoms with Crippen molar-refractivity contribution in [1.82, 2.24) is 9.97 Å². The van der Waals surface area contributed by atoms with Crippen LogP contribution in [0.25, 0.3) is 22.6 Å². The van der Waals surface area contributed by atoms with Crippen molar-refractivity contribution in [2.75, 3.05) is 5.32 Å². The fourth-order valence-electron chi connectivity index (χ4n) is 2.44. The molecule has 0 aliphatic heterocycles. The van der Waals surface area contributed by atoms with E-state index in [9.17, 15) is 4.79 Å². The summed E-state index contributed by atoms with van der Waals surface area (Å²) in [6, 6.07) is 18.3. The number of benzene rings is 2. The minimum Gasteiger partial charge on any atom is -0.446 e. The summed E-state index contributed by atoms with van der Waals surface area (Å²) in [6.45, 7) is 0. The molecule has 5 nitrogen and oxygen atoms in total. The van der Waals surface area contributed by atoms with Gasteiger partial charge in [0, 0.05) is 11.3 Å². The molecule has 0 radical (unpaired) electrons. The van der Waals surface area contributed by atoms with E-state index in [1.54, 1.807) is 12.1 Å². The predicted molar refractivity (Wildman–Crippen MR) is 95.9 cm³/mol. The lowest BCUT2D eigenvalue weighted by molar-refractivity contribution is 0.102. The van der Waals surface area contributed by atoms with Gasteiger partial charge in [-0.1, -0.05) is 18.2 Å². The molecule has 2 aromatic carbocycles. The van der Waals surface area contributed by atoms with Crippen LogP contribution < -0.4 is 5.32 Å². The zero-order chi connectivity index (χ0) is 16.5. The van der Waals surface area contributed by atoms with Gasteiger partial charge in [0.25, 0.3) is 5.91 Å². The highest BCUT2D eigenvalue weighted by Gasteiger charge is 2.11. The number of aromatic nitrogens is 2. The average molecular weight is 382 g/mol. The molecule has 24 heavy (non-hydrogen) atoms. The van der Waals surface area contributed by atoms with Gasteiger partial charge in [0.15, 0.2) is 16.3 Å². The van der Waals surface area contributed by atoms with E-state index in [1.165, 1.54) is 0 Å². The normalized spacial score (nSPS) is 10.9. The van der Waals surface area contributed by atoms with E-state index < -0.39 is 0 Å². The van der Waals surface area contributed by atoms with Crippen molar-refractivity contribution in [3.05, 3.63) is 70.9 Å². The zero-order valence-electron chi connectivity index (χ0n) is 12.4. The van der Waals surface area contributed by atoms with Crippen molar-refractivity contribution in [3.63, 3.8) is 0 Å². The van der Waals surface area contributed by atoms with E-state index in [4.69, 9.17) is 4.42 Å². The van der Waals surface area contributed by atoms with Crippen LogP contribution in [0.1, 0.15) is 10.4 Å². The number of nitrogens with one attached hydrogen (secondary N) is 2. The molecule has 4 rings (SSSR count). The number of anilines is 1. The maximum Gasteiger partial charge on any atom is 0.255 e. The average Bonchev–Trinajstić information content (AvgIpc) is 3.21. The fourth-order valence-corrected chi connectivity index (χ4v) is 2.74. The Morgan fingerprint density at radius 1 is 1.08 bits per heavy atom. The van der Waals surface area contributed by atoms with Gasteiger partial charge in [-0.3, -0.25) is 4.79 Å². The van der Waals surface area contributed by atoms with E-state index in [1.807, 2.05) is 48.5 Å². The molecule has 2 heterocycles. The number of carbonyl (C=O) groups is 1. The van der Waals surface area contributed by atoms with Crippen LogP contribution in [0.4, 0.5) is 5.69 Å². The summed E-state index contributed by atoms with van der Waals surface area (Å²) in [4.78, 5) is 19.9. The van der Waals surface area contributed by atoms with E-state index in [2.05, 4.69) is 31.2 Å². The second-order valence-corrected chi connectivity index (χ2v) is 6.02. The third-order valence-corrected chi connectivity index (χ3v) is 4.01. The first-order valence-corrected chi connectivity index (χ1v) is 8.10. The molecule has 0 aliphatic rings. The first-order chi connectivity index (χ1) is 11.7. The smallest absolute Gasteiger partial charge is 0.255 e. The number of hydrogen-bond acceptors (Lipinski definition) is 3. The van der Waals surface area contributed by atoms with Gasteiger partial charge < -0.3 is 14.7 Å². The fraction of sp³-hybridized carbons (Fsp3) is 0. The van der Waals surface area contributed by atoms with Gasteiger partial charge in [0.1, 0.15) is 0 Å². The number of aromatic amines is 1. The Morgan fingerprint density at radius 2 is 1.92 bits per heavy atom. The van der Waals surface area contributed by atoms with E-state index >= 15 is 0 Å². The van der Waals surface area contributed by atoms with Crippen LogP contribution >= 0.6 is 15.9 Å². The second kappa shape index (κ2) is 5.98. The molecule has 0 unspecified atom stereocenters. The minimum atomic E-state index is -0.148. The molecule has 0 aliphatic carbocycles. The summed E-state index contributed by atoms with van der Waals surface area (Å²) < 4.78 is 6.15. The largest absolute Gasteiger partial charge is 0.446 e. The maximum absolute atomic E-state index is 12.2. The van der Waals surface area contributed by atoms with Crippen molar-refractivity contribution >= 4 is 38.6 Å². The Hall–Kier alpha value is -2.86. The molecule has 1 amide bonds. The number of fused-ring (bicyclic) bond motifs is 1. The Labute approximate surface area is 145 Å². The molecule has 0 saturated heterocycles. The number of carbonyl (C=O) groups excluding carboxylic acids is 1. The summed E-state index contributed by atoms with van der Waals surface area (Å²) >= 11 is 3.28. The Kier molecular flexibility index (Phi) is 3.66. The van der Waals surface area contributed by atoms with E-state index in [0.717, 1.165) is 11.0 Å². The molecular weight excluding hydrogens is 370 g/mol. The van der Waals surface area contributed by atoms with Crippen LogP contribution in [-0.2, 0) is 0 Å². The number of hydrogen-bond donors (Lipinski definition) is 2. The van der Waals surface area contributed by atoms with Gasteiger partial charge >= 0.3 is 0 Å². The standard InChI is InChI=1S/C18H12BrN3O2/c19-16-9-8-15(24-16)17-21-13-7-6-12(10-14(13)22-17)20-18(23)11-4-2-1-3-5-11/h1-10H,(H,20,23)(H,21,22). The third-order valence-electron chi connectivity index (χ3n) is 3.58. The topological polar surface area (TPSA) is 70.9 Å². The highest BCUT2D eigenvalue weighted by atomic mass is 79.9. The molecule has 0 fully saturated rings. The number of H-pyrrole nitrogens is 1. The number of halogens is 1. The van der Waals surface area contributed by atoms with Crippen LogP contribution in [0.2, 0.25) is 0 Å². The molecular formula is C18H12BrN3O2. The van der Waals surface area contributed by atoms with Crippen molar-refractivity contribution in [2.24, 2.45) is 0 Å². The van der Waals surface area contributed by atoms with Gasteiger partial charge in [0.05, 0.1) is 11.0 Å². The molecule has 0 atom stereocenters. The van der Waals surface area contributed by atoms with Gasteiger partial charge in [-0.2, -0.15) is 0 Å². The SMILES string of the molecule is O=C(Nc1ccc2nc(-c3ccc(Br)o3)[nH]c2c1)c1ccccc1. The Balaban J connectivity index is 1.62. The molecule has 2 aromatic heterocycles. The van der Waals surface area contributed by atoms with E-state index in [0.29, 0.717) is 27.5 Å². The molecule has 0 bridgehead atoms. The van der Waals surface area contributed by atoms with Gasteiger partial charge in [-0.25, -0.2) is 4.98 Å². The van der Waals surface area contributed by atoms with Gasteiger partial charge in [-0.05, 0) is 58.4 Å². The second-order valence-electron chi connectivity index (χ2n) is 5.24. The van der Waals surface area contributed by atoms with Gasteiger partial charge in [0.2, 0.25) is 0 Å². The van der Waals surface area contributed by atoms with Gasteiger partial charge in [-0.15, -0.1) is 0 Å². The van der Waals surface area contributed by atoms with Crippen molar-refractivity contribution in [3.8, 4) is 11.6 Å². The lowest BCUT2D eigenvalue weighted by atomic mass is 10.2. The molecule has 0 saturated carbocycles. The quantitative estimate of drug-likeness (QED) is 0.533.